The molecule has 3 rings (SSSR count). The summed E-state index contributed by atoms with van der Waals surface area (Å²) < 4.78 is 3.01. The van der Waals surface area contributed by atoms with Crippen molar-refractivity contribution in [3.05, 3.63) is 64.3 Å². The van der Waals surface area contributed by atoms with Crippen LogP contribution in [0.3, 0.4) is 0 Å². The Hall–Kier alpha value is -2.07. The summed E-state index contributed by atoms with van der Waals surface area (Å²) in [6, 6.07) is 14.2. The van der Waals surface area contributed by atoms with E-state index in [-0.39, 0.29) is 5.91 Å². The lowest BCUT2D eigenvalue weighted by Gasteiger charge is -2.19. The lowest BCUT2D eigenvalue weighted by molar-refractivity contribution is -0.117. The van der Waals surface area contributed by atoms with Gasteiger partial charge in [-0.3, -0.25) is 4.79 Å². The molecule has 0 saturated carbocycles. The zero-order chi connectivity index (χ0) is 16.6. The topological polar surface area (TPSA) is 25.2 Å². The molecule has 0 unspecified atom stereocenters. The molecule has 23 heavy (non-hydrogen) atoms. The number of aromatic nitrogens is 1. The maximum absolute atomic E-state index is 12.7. The second kappa shape index (κ2) is 6.20. The molecule has 1 amide bonds. The molecule has 118 valence electrons. The Morgan fingerprint density at radius 2 is 1.96 bits per heavy atom. The number of hydrogen-bond donors (Lipinski definition) is 0. The monoisotopic (exact) mass is 370 g/mol. The Morgan fingerprint density at radius 3 is 2.70 bits per heavy atom. The first-order valence-corrected chi connectivity index (χ1v) is 8.32. The second-order valence-corrected chi connectivity index (χ2v) is 6.72. The number of amides is 1. The zero-order valence-electron chi connectivity index (χ0n) is 13.5. The van der Waals surface area contributed by atoms with E-state index in [4.69, 9.17) is 0 Å². The summed E-state index contributed by atoms with van der Waals surface area (Å²) >= 11 is 3.55. The van der Waals surface area contributed by atoms with Crippen LogP contribution < -0.4 is 4.90 Å². The lowest BCUT2D eigenvalue weighted by Crippen LogP contribution is -2.28. The highest BCUT2D eigenvalue weighted by molar-refractivity contribution is 9.10. The minimum absolute atomic E-state index is 0.0749. The maximum Gasteiger partial charge on any atom is 0.231 e. The molecule has 3 nitrogen and oxygen atoms in total. The van der Waals surface area contributed by atoms with Gasteiger partial charge in [-0.05, 0) is 52.2 Å². The minimum Gasteiger partial charge on any atom is -0.350 e. The summed E-state index contributed by atoms with van der Waals surface area (Å²) in [5, 5.41) is 1.14. The van der Waals surface area contributed by atoms with Gasteiger partial charge >= 0.3 is 0 Å². The zero-order valence-corrected chi connectivity index (χ0v) is 15.1. The van der Waals surface area contributed by atoms with E-state index in [1.807, 2.05) is 57.5 Å². The number of para-hydroxylation sites is 1. The number of hydrogen-bond acceptors (Lipinski definition) is 1. The van der Waals surface area contributed by atoms with Crippen molar-refractivity contribution in [2.45, 2.75) is 13.3 Å². The lowest BCUT2D eigenvalue weighted by atomic mass is 10.1. The summed E-state index contributed by atoms with van der Waals surface area (Å²) in [4.78, 5) is 14.4. The van der Waals surface area contributed by atoms with Crippen LogP contribution in [0.1, 0.15) is 11.1 Å². The van der Waals surface area contributed by atoms with Crippen molar-refractivity contribution < 1.29 is 4.79 Å². The number of likely N-dealkylation sites (N-methyl/N-ethyl adjacent to an activating group) is 1. The SMILES string of the molecule is Cc1ccc(N(C)C(=O)Cc2cn(C)c3ccccc23)c(Br)c1. The molecule has 0 atom stereocenters. The van der Waals surface area contributed by atoms with Gasteiger partial charge in [0.15, 0.2) is 0 Å². The van der Waals surface area contributed by atoms with Crippen LogP contribution in [0, 0.1) is 6.92 Å². The summed E-state index contributed by atoms with van der Waals surface area (Å²) in [5.74, 6) is 0.0749. The maximum atomic E-state index is 12.7. The number of nitrogens with zero attached hydrogens (tertiary/aromatic N) is 2. The summed E-state index contributed by atoms with van der Waals surface area (Å²) in [6.45, 7) is 2.03. The number of carbonyl (C=O) groups is 1. The molecule has 1 aromatic heterocycles. The van der Waals surface area contributed by atoms with Gasteiger partial charge in [-0.15, -0.1) is 0 Å². The molecular formula is C19H19BrN2O. The predicted octanol–water partition coefficient (Wildman–Crippen LogP) is 4.45. The van der Waals surface area contributed by atoms with Crippen LogP contribution in [0.5, 0.6) is 0 Å². The van der Waals surface area contributed by atoms with Gasteiger partial charge in [-0.1, -0.05) is 24.3 Å². The van der Waals surface area contributed by atoms with Crippen LogP contribution in [0.25, 0.3) is 10.9 Å². The van der Waals surface area contributed by atoms with Crippen LogP contribution in [0.15, 0.2) is 53.1 Å². The van der Waals surface area contributed by atoms with Crippen molar-refractivity contribution >= 4 is 38.4 Å². The number of rotatable bonds is 3. The van der Waals surface area contributed by atoms with Gasteiger partial charge in [0.25, 0.3) is 0 Å². The third-order valence-electron chi connectivity index (χ3n) is 4.16. The van der Waals surface area contributed by atoms with E-state index >= 15 is 0 Å². The summed E-state index contributed by atoms with van der Waals surface area (Å²) in [6.07, 6.45) is 2.43. The molecular weight excluding hydrogens is 352 g/mol. The van der Waals surface area contributed by atoms with E-state index in [2.05, 4.69) is 32.6 Å². The van der Waals surface area contributed by atoms with Gasteiger partial charge in [0.05, 0.1) is 12.1 Å². The number of carbonyl (C=O) groups excluding carboxylic acids is 1. The van der Waals surface area contributed by atoms with E-state index in [0.29, 0.717) is 6.42 Å². The molecule has 4 heteroatoms. The minimum atomic E-state index is 0.0749. The molecule has 0 radical (unpaired) electrons. The van der Waals surface area contributed by atoms with E-state index in [1.54, 1.807) is 4.90 Å². The van der Waals surface area contributed by atoms with Crippen LogP contribution in [0.2, 0.25) is 0 Å². The number of benzene rings is 2. The normalized spacial score (nSPS) is 11.0. The van der Waals surface area contributed by atoms with Crippen LogP contribution in [-0.4, -0.2) is 17.5 Å². The molecule has 0 aliphatic carbocycles. The van der Waals surface area contributed by atoms with Crippen LogP contribution >= 0.6 is 15.9 Å². The molecule has 0 aliphatic heterocycles. The fourth-order valence-corrected chi connectivity index (χ4v) is 3.63. The van der Waals surface area contributed by atoms with Gasteiger partial charge in [-0.2, -0.15) is 0 Å². The van der Waals surface area contributed by atoms with Gasteiger partial charge in [0.2, 0.25) is 5.91 Å². The highest BCUT2D eigenvalue weighted by atomic mass is 79.9. The third-order valence-corrected chi connectivity index (χ3v) is 4.79. The Balaban J connectivity index is 1.88. The molecule has 0 aliphatic rings. The van der Waals surface area contributed by atoms with Gasteiger partial charge in [0, 0.05) is 35.7 Å². The highest BCUT2D eigenvalue weighted by Gasteiger charge is 2.16. The third kappa shape index (κ3) is 3.04. The molecule has 1 heterocycles. The van der Waals surface area contributed by atoms with Crippen molar-refractivity contribution in [2.75, 3.05) is 11.9 Å². The van der Waals surface area contributed by atoms with Crippen molar-refractivity contribution in [2.24, 2.45) is 7.05 Å². The van der Waals surface area contributed by atoms with E-state index in [9.17, 15) is 4.79 Å². The van der Waals surface area contributed by atoms with E-state index in [1.165, 1.54) is 0 Å². The first kappa shape index (κ1) is 15.8. The summed E-state index contributed by atoms with van der Waals surface area (Å²) in [5.41, 5.74) is 4.26. The average Bonchev–Trinajstić information content (AvgIpc) is 2.83. The van der Waals surface area contributed by atoms with Gasteiger partial charge in [0.1, 0.15) is 0 Å². The number of fused-ring (bicyclic) bond motifs is 1. The molecule has 0 saturated heterocycles. The van der Waals surface area contributed by atoms with Crippen molar-refractivity contribution in [3.63, 3.8) is 0 Å². The fraction of sp³-hybridized carbons (Fsp3) is 0.211. The van der Waals surface area contributed by atoms with Gasteiger partial charge < -0.3 is 9.47 Å². The Labute approximate surface area is 144 Å². The van der Waals surface area contributed by atoms with E-state index in [0.717, 1.165) is 32.2 Å². The van der Waals surface area contributed by atoms with E-state index < -0.39 is 0 Å². The molecule has 0 N–H and O–H groups in total. The first-order valence-electron chi connectivity index (χ1n) is 7.53. The van der Waals surface area contributed by atoms with Gasteiger partial charge in [-0.25, -0.2) is 0 Å². The Bertz CT molecular complexity index is 882. The second-order valence-electron chi connectivity index (χ2n) is 5.87. The van der Waals surface area contributed by atoms with Crippen molar-refractivity contribution in [1.29, 1.82) is 0 Å². The fourth-order valence-electron chi connectivity index (χ4n) is 2.87. The molecule has 2 aromatic carbocycles. The summed E-state index contributed by atoms with van der Waals surface area (Å²) in [7, 11) is 3.83. The quantitative estimate of drug-likeness (QED) is 0.668. The van der Waals surface area contributed by atoms with Crippen LogP contribution in [-0.2, 0) is 18.3 Å². The molecule has 0 spiro atoms. The predicted molar refractivity (Wildman–Crippen MR) is 98.9 cm³/mol. The smallest absolute Gasteiger partial charge is 0.231 e. The largest absolute Gasteiger partial charge is 0.350 e. The molecule has 0 fully saturated rings. The van der Waals surface area contributed by atoms with Crippen LogP contribution in [0.4, 0.5) is 5.69 Å². The first-order chi connectivity index (χ1) is 11.0. The Morgan fingerprint density at radius 1 is 1.22 bits per heavy atom. The highest BCUT2D eigenvalue weighted by Crippen LogP contribution is 2.28. The number of anilines is 1. The molecule has 0 bridgehead atoms. The van der Waals surface area contributed by atoms with Crippen molar-refractivity contribution in [1.82, 2.24) is 4.57 Å². The number of aryl methyl sites for hydroxylation is 2. The average molecular weight is 371 g/mol. The molecule has 3 aromatic rings. The Kier molecular flexibility index (Phi) is 4.26. The number of halogens is 1. The standard InChI is InChI=1S/C19H19BrN2O/c1-13-8-9-18(16(20)10-13)22(3)19(23)11-14-12-21(2)17-7-5-4-6-15(14)17/h4-10,12H,11H2,1-3H3. The van der Waals surface area contributed by atoms with Crippen molar-refractivity contribution in [3.8, 4) is 0 Å².